The molecule has 6 rings (SSSR count). The van der Waals surface area contributed by atoms with Gasteiger partial charge in [-0.3, -0.25) is 14.5 Å². The van der Waals surface area contributed by atoms with E-state index in [1.165, 1.54) is 11.8 Å². The number of carbonyl (C=O) groups excluding carboxylic acids is 2. The Kier molecular flexibility index (Phi) is 9.36. The van der Waals surface area contributed by atoms with Crippen molar-refractivity contribution in [2.45, 2.75) is 18.4 Å². The van der Waals surface area contributed by atoms with E-state index in [1.807, 2.05) is 97.9 Å². The average molecular weight is 623 g/mol. The molecule has 2 amide bonds. The highest BCUT2D eigenvalue weighted by molar-refractivity contribution is 8.04. The van der Waals surface area contributed by atoms with Gasteiger partial charge in [0.05, 0.1) is 17.1 Å². The minimum absolute atomic E-state index is 0.0673. The first-order valence-electron chi connectivity index (χ1n) is 14.9. The molecule has 2 aliphatic heterocycles. The smallest absolute Gasteiger partial charge is 0.265 e. The summed E-state index contributed by atoms with van der Waals surface area (Å²) in [5.41, 5.74) is 5.61. The quantitative estimate of drug-likeness (QED) is 0.217. The van der Waals surface area contributed by atoms with E-state index in [-0.39, 0.29) is 11.8 Å². The number of nitrogens with zero attached hydrogens (tertiary/aromatic N) is 3. The fourth-order valence-electron chi connectivity index (χ4n) is 5.63. The zero-order chi connectivity index (χ0) is 30.5. The minimum Gasteiger partial charge on any atom is -0.369 e. The molecule has 224 valence electrons. The number of hydrogen-bond donors (Lipinski definition) is 1. The number of rotatable bonds is 8. The van der Waals surface area contributed by atoms with Crippen molar-refractivity contribution in [2.75, 3.05) is 49.1 Å². The lowest BCUT2D eigenvalue weighted by molar-refractivity contribution is -0.114. The van der Waals surface area contributed by atoms with Gasteiger partial charge in [0.2, 0.25) is 0 Å². The Bertz CT molecular complexity index is 1680. The van der Waals surface area contributed by atoms with Crippen LogP contribution in [0.25, 0.3) is 6.08 Å². The Labute approximate surface area is 268 Å². The zero-order valence-corrected chi connectivity index (χ0v) is 26.3. The number of nitrogens with one attached hydrogen (secondary N) is 1. The maximum absolute atomic E-state index is 13.9. The second kappa shape index (κ2) is 13.7. The van der Waals surface area contributed by atoms with Crippen LogP contribution in [-0.4, -0.2) is 56.0 Å². The number of anilines is 2. The third kappa shape index (κ3) is 7.18. The van der Waals surface area contributed by atoms with E-state index < -0.39 is 0 Å². The SMILES string of the molecule is Cc1cccc(CN2C(=O)/C(=C/c3ccccc3)Sc3ccc(C(=O)NCCN4CCN(c5cccc(Cl)c5)CC4)cc32)c1. The highest BCUT2D eigenvalue weighted by Gasteiger charge is 2.30. The number of amides is 2. The van der Waals surface area contributed by atoms with Crippen LogP contribution >= 0.6 is 23.4 Å². The lowest BCUT2D eigenvalue weighted by atomic mass is 10.1. The maximum Gasteiger partial charge on any atom is 0.265 e. The molecular formula is C36H35ClN4O2S. The lowest BCUT2D eigenvalue weighted by Gasteiger charge is -2.36. The van der Waals surface area contributed by atoms with E-state index in [0.29, 0.717) is 23.6 Å². The third-order valence-electron chi connectivity index (χ3n) is 7.97. The summed E-state index contributed by atoms with van der Waals surface area (Å²) in [7, 11) is 0. The van der Waals surface area contributed by atoms with E-state index in [2.05, 4.69) is 27.2 Å². The molecule has 1 saturated heterocycles. The summed E-state index contributed by atoms with van der Waals surface area (Å²) in [5, 5.41) is 3.84. The molecule has 1 N–H and O–H groups in total. The zero-order valence-electron chi connectivity index (χ0n) is 24.7. The fourth-order valence-corrected chi connectivity index (χ4v) is 6.86. The van der Waals surface area contributed by atoms with Crippen LogP contribution in [-0.2, 0) is 11.3 Å². The van der Waals surface area contributed by atoms with E-state index in [4.69, 9.17) is 11.6 Å². The van der Waals surface area contributed by atoms with Crippen molar-refractivity contribution in [1.29, 1.82) is 0 Å². The molecule has 0 unspecified atom stereocenters. The van der Waals surface area contributed by atoms with Crippen LogP contribution in [0.2, 0.25) is 5.02 Å². The van der Waals surface area contributed by atoms with E-state index in [1.54, 1.807) is 4.90 Å². The number of piperazine rings is 1. The van der Waals surface area contributed by atoms with Crippen LogP contribution in [0.3, 0.4) is 0 Å². The van der Waals surface area contributed by atoms with Gasteiger partial charge >= 0.3 is 0 Å². The van der Waals surface area contributed by atoms with Crippen molar-refractivity contribution >= 4 is 52.6 Å². The highest BCUT2D eigenvalue weighted by Crippen LogP contribution is 2.43. The molecule has 0 atom stereocenters. The molecule has 8 heteroatoms. The molecule has 44 heavy (non-hydrogen) atoms. The molecule has 0 bridgehead atoms. The Balaban J connectivity index is 1.13. The standard InChI is InChI=1S/C36H35ClN4O2S/c1-26-7-5-10-28(21-26)25-41-32-23-29(13-14-33(32)44-34(36(41)43)22-27-8-3-2-4-9-27)35(42)38-15-16-39-17-19-40(20-18-39)31-12-6-11-30(37)24-31/h2-14,21-24H,15-20,25H2,1H3,(H,38,42)/b34-22-. The van der Waals surface area contributed by atoms with E-state index >= 15 is 0 Å². The summed E-state index contributed by atoms with van der Waals surface area (Å²) < 4.78 is 0. The van der Waals surface area contributed by atoms with Crippen LogP contribution in [0.15, 0.2) is 107 Å². The normalized spacial score (nSPS) is 16.2. The van der Waals surface area contributed by atoms with Crippen LogP contribution in [0, 0.1) is 6.92 Å². The first-order valence-corrected chi connectivity index (χ1v) is 16.1. The first kappa shape index (κ1) is 30.0. The third-order valence-corrected chi connectivity index (χ3v) is 9.28. The fraction of sp³-hybridized carbons (Fsp3) is 0.222. The molecule has 0 saturated carbocycles. The maximum atomic E-state index is 13.9. The summed E-state index contributed by atoms with van der Waals surface area (Å²) in [5.74, 6) is -0.203. The van der Waals surface area contributed by atoms with E-state index in [9.17, 15) is 9.59 Å². The number of benzene rings is 4. The van der Waals surface area contributed by atoms with Gasteiger partial charge in [0, 0.05) is 60.4 Å². The topological polar surface area (TPSA) is 55.9 Å². The lowest BCUT2D eigenvalue weighted by Crippen LogP contribution is -2.48. The van der Waals surface area contributed by atoms with Gasteiger partial charge in [0.25, 0.3) is 11.8 Å². The second-order valence-corrected chi connectivity index (χ2v) is 12.7. The van der Waals surface area contributed by atoms with Gasteiger partial charge in [-0.05, 0) is 60.5 Å². The van der Waals surface area contributed by atoms with Gasteiger partial charge in [-0.2, -0.15) is 0 Å². The molecule has 4 aromatic carbocycles. The number of halogens is 1. The molecule has 6 nitrogen and oxygen atoms in total. The Morgan fingerprint density at radius 1 is 0.909 bits per heavy atom. The summed E-state index contributed by atoms with van der Waals surface area (Å²) in [6, 6.07) is 31.7. The van der Waals surface area contributed by atoms with Crippen molar-refractivity contribution < 1.29 is 9.59 Å². The summed E-state index contributed by atoms with van der Waals surface area (Å²) in [6.45, 7) is 7.49. The minimum atomic E-state index is -0.135. The molecule has 4 aromatic rings. The first-order chi connectivity index (χ1) is 21.4. The van der Waals surface area contributed by atoms with Gasteiger partial charge < -0.3 is 15.1 Å². The highest BCUT2D eigenvalue weighted by atomic mass is 35.5. The van der Waals surface area contributed by atoms with Crippen LogP contribution < -0.4 is 15.1 Å². The molecule has 0 spiro atoms. The Hall–Kier alpha value is -4.04. The molecule has 2 aliphatic rings. The summed E-state index contributed by atoms with van der Waals surface area (Å²) in [6.07, 6.45) is 1.94. The molecule has 2 heterocycles. The predicted octanol–water partition coefficient (Wildman–Crippen LogP) is 6.88. The summed E-state index contributed by atoms with van der Waals surface area (Å²) in [4.78, 5) is 35.2. The molecular weight excluding hydrogens is 588 g/mol. The van der Waals surface area contributed by atoms with Gasteiger partial charge in [-0.15, -0.1) is 0 Å². The number of hydrogen-bond acceptors (Lipinski definition) is 5. The molecule has 0 aromatic heterocycles. The van der Waals surface area contributed by atoms with Gasteiger partial charge in [-0.25, -0.2) is 0 Å². The van der Waals surface area contributed by atoms with Crippen LogP contribution in [0.5, 0.6) is 0 Å². The van der Waals surface area contributed by atoms with Crippen molar-refractivity contribution in [3.8, 4) is 0 Å². The van der Waals surface area contributed by atoms with Crippen molar-refractivity contribution in [3.63, 3.8) is 0 Å². The molecule has 1 fully saturated rings. The van der Waals surface area contributed by atoms with Gasteiger partial charge in [-0.1, -0.05) is 89.6 Å². The Morgan fingerprint density at radius 2 is 1.70 bits per heavy atom. The van der Waals surface area contributed by atoms with Crippen molar-refractivity contribution in [2.24, 2.45) is 0 Å². The number of carbonyl (C=O) groups is 2. The van der Waals surface area contributed by atoms with Crippen LogP contribution in [0.1, 0.15) is 27.0 Å². The van der Waals surface area contributed by atoms with Crippen molar-refractivity contribution in [1.82, 2.24) is 10.2 Å². The van der Waals surface area contributed by atoms with Crippen LogP contribution in [0.4, 0.5) is 11.4 Å². The summed E-state index contributed by atoms with van der Waals surface area (Å²) >= 11 is 7.63. The molecule has 0 aliphatic carbocycles. The molecule has 0 radical (unpaired) electrons. The number of fused-ring (bicyclic) bond motifs is 1. The largest absolute Gasteiger partial charge is 0.369 e. The number of aryl methyl sites for hydroxylation is 1. The van der Waals surface area contributed by atoms with Gasteiger partial charge in [0.15, 0.2) is 0 Å². The van der Waals surface area contributed by atoms with Gasteiger partial charge in [0.1, 0.15) is 0 Å². The number of thioether (sulfide) groups is 1. The monoisotopic (exact) mass is 622 g/mol. The van der Waals surface area contributed by atoms with E-state index in [0.717, 1.165) is 70.7 Å². The average Bonchev–Trinajstić information content (AvgIpc) is 3.04. The Morgan fingerprint density at radius 3 is 2.48 bits per heavy atom. The van der Waals surface area contributed by atoms with Crippen molar-refractivity contribution in [3.05, 3.63) is 129 Å². The second-order valence-electron chi connectivity index (χ2n) is 11.1. The predicted molar refractivity (Wildman–Crippen MR) is 182 cm³/mol.